The van der Waals surface area contributed by atoms with E-state index in [4.69, 9.17) is 9.72 Å². The fourth-order valence-electron chi connectivity index (χ4n) is 3.40. The summed E-state index contributed by atoms with van der Waals surface area (Å²) in [5.41, 5.74) is 5.00. The van der Waals surface area contributed by atoms with Crippen molar-refractivity contribution in [2.45, 2.75) is 23.9 Å². The van der Waals surface area contributed by atoms with E-state index >= 15 is 0 Å². The Morgan fingerprint density at radius 3 is 2.66 bits per heavy atom. The molecule has 164 valence electrons. The summed E-state index contributed by atoms with van der Waals surface area (Å²) in [4.78, 5) is 21.4. The molecule has 0 bridgehead atoms. The Hall–Kier alpha value is -3.16. The largest absolute Gasteiger partial charge is 0.385 e. The number of fused-ring (bicyclic) bond motifs is 1. The smallest absolute Gasteiger partial charge is 0.251 e. The van der Waals surface area contributed by atoms with E-state index in [2.05, 4.69) is 39.1 Å². The zero-order chi connectivity index (χ0) is 22.2. The van der Waals surface area contributed by atoms with E-state index in [1.807, 2.05) is 42.6 Å². The van der Waals surface area contributed by atoms with Crippen molar-refractivity contribution in [1.82, 2.24) is 19.9 Å². The van der Waals surface area contributed by atoms with E-state index in [1.165, 1.54) is 5.56 Å². The van der Waals surface area contributed by atoms with Crippen LogP contribution in [0.5, 0.6) is 0 Å². The van der Waals surface area contributed by atoms with Gasteiger partial charge in [-0.25, -0.2) is 4.98 Å². The normalized spacial score (nSPS) is 11.0. The fourth-order valence-corrected chi connectivity index (χ4v) is 4.37. The maximum atomic E-state index is 12.2. The van der Waals surface area contributed by atoms with Gasteiger partial charge in [-0.3, -0.25) is 9.78 Å². The Bertz CT molecular complexity index is 1160. The number of hydrogen-bond acceptors (Lipinski definition) is 5. The molecule has 7 heteroatoms. The summed E-state index contributed by atoms with van der Waals surface area (Å²) < 4.78 is 7.22. The standard InChI is InChI=1S/C25H26N4O2S/c1-31-15-5-13-27-24(30)21-10-8-20(9-11-21)18-32-25-28-22-12-14-26-16-23(22)29(25)17-19-6-3-2-4-7-19/h2-4,6-12,14,16H,5,13,15,17-18H2,1H3,(H,27,30). The van der Waals surface area contributed by atoms with Gasteiger partial charge in [0.15, 0.2) is 5.16 Å². The zero-order valence-corrected chi connectivity index (χ0v) is 18.8. The summed E-state index contributed by atoms with van der Waals surface area (Å²) in [7, 11) is 1.66. The first-order valence-corrected chi connectivity index (χ1v) is 11.6. The Kier molecular flexibility index (Phi) is 7.53. The van der Waals surface area contributed by atoms with Crippen molar-refractivity contribution in [1.29, 1.82) is 0 Å². The summed E-state index contributed by atoms with van der Waals surface area (Å²) in [6.07, 6.45) is 4.45. The summed E-state index contributed by atoms with van der Waals surface area (Å²) in [6, 6.07) is 20.1. The molecule has 0 aliphatic rings. The number of amides is 1. The van der Waals surface area contributed by atoms with Gasteiger partial charge in [-0.15, -0.1) is 0 Å². The number of benzene rings is 2. The van der Waals surface area contributed by atoms with Gasteiger partial charge in [0.2, 0.25) is 0 Å². The number of aromatic nitrogens is 3. The molecule has 0 saturated heterocycles. The van der Waals surface area contributed by atoms with Crippen molar-refractivity contribution in [2.75, 3.05) is 20.3 Å². The molecular formula is C25H26N4O2S. The second-order valence-corrected chi connectivity index (χ2v) is 8.36. The molecule has 0 unspecified atom stereocenters. The van der Waals surface area contributed by atoms with Crippen LogP contribution in [0, 0.1) is 0 Å². The molecule has 2 heterocycles. The van der Waals surface area contributed by atoms with E-state index in [0.717, 1.165) is 40.5 Å². The molecule has 2 aromatic carbocycles. The molecule has 0 radical (unpaired) electrons. The second-order valence-electron chi connectivity index (χ2n) is 7.42. The third-order valence-corrected chi connectivity index (χ3v) is 6.14. The maximum Gasteiger partial charge on any atom is 0.251 e. The predicted molar refractivity (Wildman–Crippen MR) is 128 cm³/mol. The van der Waals surface area contributed by atoms with Crippen molar-refractivity contribution in [3.05, 3.63) is 89.7 Å². The second kappa shape index (κ2) is 10.9. The molecule has 1 N–H and O–H groups in total. The van der Waals surface area contributed by atoms with Crippen LogP contribution in [0.1, 0.15) is 27.9 Å². The van der Waals surface area contributed by atoms with Gasteiger partial charge in [0, 0.05) is 37.8 Å². The van der Waals surface area contributed by atoms with Crippen LogP contribution in [0.2, 0.25) is 0 Å². The minimum Gasteiger partial charge on any atom is -0.385 e. The minimum atomic E-state index is -0.0579. The topological polar surface area (TPSA) is 69.0 Å². The lowest BCUT2D eigenvalue weighted by Crippen LogP contribution is -2.25. The van der Waals surface area contributed by atoms with Gasteiger partial charge in [0.1, 0.15) is 0 Å². The number of nitrogens with zero attached hydrogens (tertiary/aromatic N) is 3. The molecule has 4 rings (SSSR count). The highest BCUT2D eigenvalue weighted by molar-refractivity contribution is 7.98. The number of ether oxygens (including phenoxy) is 1. The highest BCUT2D eigenvalue weighted by atomic mass is 32.2. The van der Waals surface area contributed by atoms with Crippen LogP contribution in [0.4, 0.5) is 0 Å². The van der Waals surface area contributed by atoms with Crippen LogP contribution in [-0.2, 0) is 17.0 Å². The lowest BCUT2D eigenvalue weighted by Gasteiger charge is -2.09. The highest BCUT2D eigenvalue weighted by Crippen LogP contribution is 2.27. The highest BCUT2D eigenvalue weighted by Gasteiger charge is 2.12. The molecule has 0 spiro atoms. The predicted octanol–water partition coefficient (Wildman–Crippen LogP) is 4.54. The quantitative estimate of drug-likeness (QED) is 0.286. The Balaban J connectivity index is 1.44. The zero-order valence-electron chi connectivity index (χ0n) is 18.0. The summed E-state index contributed by atoms with van der Waals surface area (Å²) in [5.74, 6) is 0.707. The molecule has 0 atom stereocenters. The minimum absolute atomic E-state index is 0.0579. The van der Waals surface area contributed by atoms with Crippen molar-refractivity contribution in [2.24, 2.45) is 0 Å². The number of carbonyl (C=O) groups excluding carboxylic acids is 1. The van der Waals surface area contributed by atoms with Gasteiger partial charge in [0.05, 0.1) is 23.8 Å². The number of methoxy groups -OCH3 is 1. The number of pyridine rings is 1. The van der Waals surface area contributed by atoms with Crippen molar-refractivity contribution < 1.29 is 9.53 Å². The molecule has 1 amide bonds. The Labute approximate surface area is 192 Å². The SMILES string of the molecule is COCCCNC(=O)c1ccc(CSc2nc3ccncc3n2Cc2ccccc2)cc1. The van der Waals surface area contributed by atoms with Gasteiger partial charge < -0.3 is 14.6 Å². The molecule has 6 nitrogen and oxygen atoms in total. The Morgan fingerprint density at radius 1 is 1.06 bits per heavy atom. The van der Waals surface area contributed by atoms with E-state index in [0.29, 0.717) is 18.7 Å². The van der Waals surface area contributed by atoms with Crippen molar-refractivity contribution >= 4 is 28.7 Å². The fraction of sp³-hybridized carbons (Fsp3) is 0.240. The molecular weight excluding hydrogens is 420 g/mol. The molecule has 4 aromatic rings. The van der Waals surface area contributed by atoms with Crippen LogP contribution in [0.3, 0.4) is 0 Å². The van der Waals surface area contributed by atoms with Gasteiger partial charge in [-0.2, -0.15) is 0 Å². The molecule has 2 aromatic heterocycles. The number of carbonyl (C=O) groups is 1. The lowest BCUT2D eigenvalue weighted by molar-refractivity contribution is 0.0948. The lowest BCUT2D eigenvalue weighted by atomic mass is 10.1. The van der Waals surface area contributed by atoms with E-state index < -0.39 is 0 Å². The average Bonchev–Trinajstić information content (AvgIpc) is 3.18. The Morgan fingerprint density at radius 2 is 1.88 bits per heavy atom. The van der Waals surface area contributed by atoms with Gasteiger partial charge in [0.25, 0.3) is 5.91 Å². The maximum absolute atomic E-state index is 12.2. The number of imidazole rings is 1. The monoisotopic (exact) mass is 446 g/mol. The number of hydrogen-bond donors (Lipinski definition) is 1. The summed E-state index contributed by atoms with van der Waals surface area (Å²) in [6.45, 7) is 1.99. The van der Waals surface area contributed by atoms with Crippen LogP contribution in [-0.4, -0.2) is 40.7 Å². The van der Waals surface area contributed by atoms with E-state index in [1.54, 1.807) is 25.1 Å². The van der Waals surface area contributed by atoms with E-state index in [9.17, 15) is 4.79 Å². The average molecular weight is 447 g/mol. The molecule has 0 saturated carbocycles. The van der Waals surface area contributed by atoms with Crippen LogP contribution < -0.4 is 5.32 Å². The van der Waals surface area contributed by atoms with E-state index in [-0.39, 0.29) is 5.91 Å². The van der Waals surface area contributed by atoms with Crippen LogP contribution in [0.25, 0.3) is 11.0 Å². The molecule has 0 fully saturated rings. The van der Waals surface area contributed by atoms with Crippen molar-refractivity contribution in [3.63, 3.8) is 0 Å². The number of thioether (sulfide) groups is 1. The molecule has 0 aliphatic carbocycles. The van der Waals surface area contributed by atoms with Gasteiger partial charge in [-0.05, 0) is 35.7 Å². The van der Waals surface area contributed by atoms with Crippen LogP contribution in [0.15, 0.2) is 78.2 Å². The molecule has 32 heavy (non-hydrogen) atoms. The van der Waals surface area contributed by atoms with Crippen molar-refractivity contribution in [3.8, 4) is 0 Å². The summed E-state index contributed by atoms with van der Waals surface area (Å²) >= 11 is 1.69. The number of nitrogens with one attached hydrogen (secondary N) is 1. The van der Waals surface area contributed by atoms with Gasteiger partial charge >= 0.3 is 0 Å². The summed E-state index contributed by atoms with van der Waals surface area (Å²) in [5, 5.41) is 3.87. The first kappa shape index (κ1) is 22.0. The first-order valence-electron chi connectivity index (χ1n) is 10.6. The molecule has 0 aliphatic heterocycles. The van der Waals surface area contributed by atoms with Gasteiger partial charge in [-0.1, -0.05) is 54.2 Å². The number of rotatable bonds is 10. The first-order chi connectivity index (χ1) is 15.7. The third-order valence-electron chi connectivity index (χ3n) is 5.09. The third kappa shape index (κ3) is 5.55. The van der Waals surface area contributed by atoms with Crippen LogP contribution >= 0.6 is 11.8 Å².